The summed E-state index contributed by atoms with van der Waals surface area (Å²) in [5.41, 5.74) is 6.97. The molecule has 2 N–H and O–H groups in total. The Balaban J connectivity index is 1.35. The maximum absolute atomic E-state index is 13.3. The van der Waals surface area contributed by atoms with Gasteiger partial charge in [0.25, 0.3) is 5.91 Å². The van der Waals surface area contributed by atoms with Crippen molar-refractivity contribution in [3.8, 4) is 5.75 Å². The van der Waals surface area contributed by atoms with Crippen LogP contribution in [-0.2, 0) is 11.3 Å². The Morgan fingerprint density at radius 2 is 1.76 bits per heavy atom. The maximum Gasteiger partial charge on any atom is 0.258 e. The average molecular weight is 530 g/mol. The lowest BCUT2D eigenvalue weighted by molar-refractivity contribution is -0.110. The number of nitrogens with one attached hydrogen (secondary N) is 2. The number of anilines is 3. The smallest absolute Gasteiger partial charge is 0.258 e. The van der Waals surface area contributed by atoms with Gasteiger partial charge in [0.1, 0.15) is 12.4 Å². The summed E-state index contributed by atoms with van der Waals surface area (Å²) in [4.78, 5) is 20.3. The predicted octanol–water partition coefficient (Wildman–Crippen LogP) is 4.85. The van der Waals surface area contributed by atoms with E-state index in [-0.39, 0.29) is 5.91 Å². The number of benzene rings is 3. The van der Waals surface area contributed by atoms with Crippen molar-refractivity contribution in [2.45, 2.75) is 6.54 Å². The van der Waals surface area contributed by atoms with Crippen LogP contribution >= 0.6 is 11.6 Å². The number of carbonyl (C=O) groups is 1. The van der Waals surface area contributed by atoms with Gasteiger partial charge in [-0.2, -0.15) is 0 Å². The fourth-order valence-corrected chi connectivity index (χ4v) is 5.46. The minimum Gasteiger partial charge on any atom is -0.490 e. The second kappa shape index (κ2) is 10.3. The number of halogens is 1. The molecule has 1 amide bonds. The number of amides is 1. The molecule has 7 nitrogen and oxygen atoms in total. The quantitative estimate of drug-likeness (QED) is 0.461. The first kappa shape index (κ1) is 24.8. The molecule has 0 spiro atoms. The van der Waals surface area contributed by atoms with E-state index in [1.807, 2.05) is 24.3 Å². The van der Waals surface area contributed by atoms with Gasteiger partial charge in [-0.25, -0.2) is 0 Å². The van der Waals surface area contributed by atoms with Crippen molar-refractivity contribution in [2.75, 3.05) is 69.0 Å². The van der Waals surface area contributed by atoms with Crippen LogP contribution in [0.25, 0.3) is 11.3 Å². The Kier molecular flexibility index (Phi) is 6.74. The van der Waals surface area contributed by atoms with E-state index in [0.717, 1.165) is 73.2 Å². The van der Waals surface area contributed by atoms with Gasteiger partial charge in [-0.15, -0.1) is 0 Å². The van der Waals surface area contributed by atoms with Crippen LogP contribution in [0.1, 0.15) is 16.7 Å². The first-order valence-corrected chi connectivity index (χ1v) is 13.4. The molecule has 3 aliphatic heterocycles. The number of carbonyl (C=O) groups excluding carboxylic acids is 1. The van der Waals surface area contributed by atoms with Gasteiger partial charge in [-0.05, 0) is 49.0 Å². The number of nitrogens with zero attached hydrogens (tertiary/aromatic N) is 3. The lowest BCUT2D eigenvalue weighted by Gasteiger charge is -2.32. The molecule has 0 bridgehead atoms. The van der Waals surface area contributed by atoms with Crippen LogP contribution in [0.3, 0.4) is 0 Å². The van der Waals surface area contributed by atoms with E-state index in [1.165, 1.54) is 5.56 Å². The van der Waals surface area contributed by atoms with Gasteiger partial charge in [0.15, 0.2) is 0 Å². The molecule has 38 heavy (non-hydrogen) atoms. The number of likely N-dealkylation sites (N-methyl/N-ethyl adjacent to an activating group) is 2. The molecule has 8 heteroatoms. The van der Waals surface area contributed by atoms with Crippen molar-refractivity contribution in [2.24, 2.45) is 0 Å². The topological polar surface area (TPSA) is 60.1 Å². The summed E-state index contributed by atoms with van der Waals surface area (Å²) in [6.45, 7) is 6.78. The number of hydrogen-bond acceptors (Lipinski definition) is 6. The SMILES string of the molecule is CN1CCN(Cc2ccc(NC(=C3C(=O)Nc4cc(Cl)ccc43)c3ccc4c(c3)OCCN4C)cc2)CC1. The molecule has 196 valence electrons. The highest BCUT2D eigenvalue weighted by Gasteiger charge is 2.29. The number of ether oxygens (including phenoxy) is 1. The van der Waals surface area contributed by atoms with Crippen LogP contribution in [0.5, 0.6) is 5.75 Å². The van der Waals surface area contributed by atoms with Gasteiger partial charge in [0.05, 0.1) is 29.2 Å². The highest BCUT2D eigenvalue weighted by Crippen LogP contribution is 2.41. The molecule has 0 unspecified atom stereocenters. The predicted molar refractivity (Wildman–Crippen MR) is 155 cm³/mol. The molecule has 3 aliphatic rings. The van der Waals surface area contributed by atoms with E-state index in [1.54, 1.807) is 6.07 Å². The van der Waals surface area contributed by atoms with E-state index >= 15 is 0 Å². The summed E-state index contributed by atoms with van der Waals surface area (Å²) >= 11 is 6.22. The summed E-state index contributed by atoms with van der Waals surface area (Å²) in [6.07, 6.45) is 0. The summed E-state index contributed by atoms with van der Waals surface area (Å²) in [5.74, 6) is 0.653. The number of piperazine rings is 1. The van der Waals surface area contributed by atoms with Gasteiger partial charge < -0.3 is 25.2 Å². The number of hydrogen-bond donors (Lipinski definition) is 2. The molecule has 3 aromatic rings. The van der Waals surface area contributed by atoms with Crippen molar-refractivity contribution >= 4 is 45.8 Å². The van der Waals surface area contributed by atoms with E-state index in [2.05, 4.69) is 69.8 Å². The monoisotopic (exact) mass is 529 g/mol. The molecular weight excluding hydrogens is 498 g/mol. The first-order chi connectivity index (χ1) is 18.4. The van der Waals surface area contributed by atoms with Gasteiger partial charge in [-0.3, -0.25) is 9.69 Å². The summed E-state index contributed by atoms with van der Waals surface area (Å²) in [7, 11) is 4.24. The van der Waals surface area contributed by atoms with Crippen molar-refractivity contribution < 1.29 is 9.53 Å². The van der Waals surface area contributed by atoms with Crippen LogP contribution in [-0.4, -0.2) is 69.1 Å². The molecule has 1 fully saturated rings. The second-order valence-corrected chi connectivity index (χ2v) is 10.7. The largest absolute Gasteiger partial charge is 0.490 e. The van der Waals surface area contributed by atoms with E-state index in [9.17, 15) is 4.79 Å². The van der Waals surface area contributed by atoms with Crippen LogP contribution in [0.2, 0.25) is 5.02 Å². The molecule has 0 aliphatic carbocycles. The molecule has 0 radical (unpaired) electrons. The lowest BCUT2D eigenvalue weighted by Crippen LogP contribution is -2.43. The van der Waals surface area contributed by atoms with E-state index < -0.39 is 0 Å². The standard InChI is InChI=1S/C30H32ClN5O2/c1-34-11-13-36(14-12-34)19-20-3-7-23(8-4-20)32-29(21-5-10-26-27(17-21)38-16-15-35(26)2)28-24-9-6-22(31)18-25(24)33-30(28)37/h3-10,17-18,32H,11-16,19H2,1-2H3,(H,33,37). The zero-order valence-corrected chi connectivity index (χ0v) is 22.5. The molecule has 3 aromatic carbocycles. The van der Waals surface area contributed by atoms with Gasteiger partial charge >= 0.3 is 0 Å². The molecule has 0 atom stereocenters. The van der Waals surface area contributed by atoms with Gasteiger partial charge in [0.2, 0.25) is 0 Å². The van der Waals surface area contributed by atoms with E-state index in [4.69, 9.17) is 16.3 Å². The summed E-state index contributed by atoms with van der Waals surface area (Å²) in [6, 6.07) is 20.1. The Labute approximate surface area is 228 Å². The number of fused-ring (bicyclic) bond motifs is 2. The summed E-state index contributed by atoms with van der Waals surface area (Å²) < 4.78 is 5.99. The third-order valence-electron chi connectivity index (χ3n) is 7.55. The Morgan fingerprint density at radius 3 is 2.55 bits per heavy atom. The fraction of sp³-hybridized carbons (Fsp3) is 0.300. The Bertz CT molecular complexity index is 1400. The Hall–Kier alpha value is -3.52. The van der Waals surface area contributed by atoms with Crippen LogP contribution in [0.4, 0.5) is 17.1 Å². The average Bonchev–Trinajstić information content (AvgIpc) is 3.24. The molecule has 0 saturated carbocycles. The van der Waals surface area contributed by atoms with Crippen LogP contribution < -0.4 is 20.3 Å². The maximum atomic E-state index is 13.3. The highest BCUT2D eigenvalue weighted by atomic mass is 35.5. The zero-order valence-electron chi connectivity index (χ0n) is 21.8. The third-order valence-corrected chi connectivity index (χ3v) is 7.78. The Morgan fingerprint density at radius 1 is 0.974 bits per heavy atom. The van der Waals surface area contributed by atoms with Gasteiger partial charge in [-0.1, -0.05) is 35.9 Å². The molecule has 6 rings (SSSR count). The minimum absolute atomic E-state index is 0.160. The molecular formula is C30H32ClN5O2. The van der Waals surface area contributed by atoms with Crippen molar-refractivity contribution in [3.05, 3.63) is 82.4 Å². The minimum atomic E-state index is -0.160. The molecule has 0 aromatic heterocycles. The molecule has 1 saturated heterocycles. The normalized spacial score (nSPS) is 18.9. The summed E-state index contributed by atoms with van der Waals surface area (Å²) in [5, 5.41) is 7.14. The van der Waals surface area contributed by atoms with Gasteiger partial charge in [0, 0.05) is 61.6 Å². The third kappa shape index (κ3) is 4.97. The van der Waals surface area contributed by atoms with Crippen molar-refractivity contribution in [1.29, 1.82) is 0 Å². The number of rotatable bonds is 5. The second-order valence-electron chi connectivity index (χ2n) is 10.2. The zero-order chi connectivity index (χ0) is 26.2. The van der Waals surface area contributed by atoms with Crippen LogP contribution in [0, 0.1) is 0 Å². The van der Waals surface area contributed by atoms with Crippen molar-refractivity contribution in [1.82, 2.24) is 9.80 Å². The van der Waals surface area contributed by atoms with Crippen molar-refractivity contribution in [3.63, 3.8) is 0 Å². The molecule has 3 heterocycles. The van der Waals surface area contributed by atoms with E-state index in [0.29, 0.717) is 22.9 Å². The lowest BCUT2D eigenvalue weighted by atomic mass is 9.99. The van der Waals surface area contributed by atoms with Crippen LogP contribution in [0.15, 0.2) is 60.7 Å². The highest BCUT2D eigenvalue weighted by molar-refractivity contribution is 6.38. The first-order valence-electron chi connectivity index (χ1n) is 13.1. The fourth-order valence-electron chi connectivity index (χ4n) is 5.29.